The maximum Gasteiger partial charge on any atom is 0.253 e. The van der Waals surface area contributed by atoms with Gasteiger partial charge < -0.3 is 9.64 Å². The van der Waals surface area contributed by atoms with Crippen molar-refractivity contribution in [1.29, 1.82) is 0 Å². The summed E-state index contributed by atoms with van der Waals surface area (Å²) < 4.78 is 18.5. The number of hydrogen-bond donors (Lipinski definition) is 0. The van der Waals surface area contributed by atoms with Gasteiger partial charge in [0, 0.05) is 36.3 Å². The molecule has 142 valence electrons. The number of rotatable bonds is 3. The summed E-state index contributed by atoms with van der Waals surface area (Å²) in [5.74, 6) is -0.370. The smallest absolute Gasteiger partial charge is 0.253 e. The van der Waals surface area contributed by atoms with Crippen LogP contribution in [-0.4, -0.2) is 65.0 Å². The molecule has 0 N–H and O–H groups in total. The van der Waals surface area contributed by atoms with Crippen LogP contribution in [0.1, 0.15) is 29.6 Å². The molecular weight excluding hydrogens is 347 g/mol. The third kappa shape index (κ3) is 3.39. The van der Waals surface area contributed by atoms with Gasteiger partial charge in [-0.3, -0.25) is 9.69 Å². The van der Waals surface area contributed by atoms with Crippen molar-refractivity contribution in [2.24, 2.45) is 0 Å². The maximum atomic E-state index is 13.6. The largest absolute Gasteiger partial charge is 0.479 e. The zero-order valence-electron chi connectivity index (χ0n) is 15.6. The fourth-order valence-electron chi connectivity index (χ4n) is 4.10. The fraction of sp³-hybridized carbons (Fsp3) is 0.450. The van der Waals surface area contributed by atoms with Crippen LogP contribution in [0.15, 0.2) is 30.5 Å². The molecular formula is C20H23FN4O2. The van der Waals surface area contributed by atoms with Gasteiger partial charge in [0.1, 0.15) is 0 Å². The first kappa shape index (κ1) is 17.9. The van der Waals surface area contributed by atoms with Crippen molar-refractivity contribution >= 4 is 5.91 Å². The lowest BCUT2D eigenvalue weighted by Gasteiger charge is -2.26. The number of hydrogen-bond acceptors (Lipinski definition) is 5. The van der Waals surface area contributed by atoms with Gasteiger partial charge in [0.15, 0.2) is 5.82 Å². The number of halogens is 1. The SMILES string of the molecule is COc1nc(-c2cccc(C(=O)N3CC[C@@H]4CC[C@H](C3)N4C)c2)ncc1F. The molecule has 2 bridgehead atoms. The van der Waals surface area contributed by atoms with E-state index in [9.17, 15) is 9.18 Å². The van der Waals surface area contributed by atoms with E-state index in [1.54, 1.807) is 18.2 Å². The number of methoxy groups -OCH3 is 1. The topological polar surface area (TPSA) is 58.6 Å². The minimum Gasteiger partial charge on any atom is -0.479 e. The predicted molar refractivity (Wildman–Crippen MR) is 99.1 cm³/mol. The molecule has 0 aliphatic carbocycles. The Hall–Kier alpha value is -2.54. The van der Waals surface area contributed by atoms with E-state index in [-0.39, 0.29) is 11.8 Å². The summed E-state index contributed by atoms with van der Waals surface area (Å²) in [7, 11) is 3.52. The summed E-state index contributed by atoms with van der Waals surface area (Å²) in [6, 6.07) is 8.20. The van der Waals surface area contributed by atoms with E-state index in [1.165, 1.54) is 13.5 Å². The molecule has 6 nitrogen and oxygen atoms in total. The van der Waals surface area contributed by atoms with Crippen LogP contribution in [0.25, 0.3) is 11.4 Å². The van der Waals surface area contributed by atoms with Crippen molar-refractivity contribution < 1.29 is 13.9 Å². The number of fused-ring (bicyclic) bond motifs is 2. The molecule has 0 spiro atoms. The van der Waals surface area contributed by atoms with Crippen LogP contribution in [0.3, 0.4) is 0 Å². The second-order valence-corrected chi connectivity index (χ2v) is 7.22. The summed E-state index contributed by atoms with van der Waals surface area (Å²) in [6.07, 6.45) is 4.46. The molecule has 2 aromatic rings. The van der Waals surface area contributed by atoms with Gasteiger partial charge in [-0.2, -0.15) is 9.37 Å². The summed E-state index contributed by atoms with van der Waals surface area (Å²) in [6.45, 7) is 1.53. The lowest BCUT2D eigenvalue weighted by Crippen LogP contribution is -2.39. The first-order valence-corrected chi connectivity index (χ1v) is 9.25. The summed E-state index contributed by atoms with van der Waals surface area (Å²) >= 11 is 0. The van der Waals surface area contributed by atoms with Crippen molar-refractivity contribution in [1.82, 2.24) is 19.8 Å². The van der Waals surface area contributed by atoms with E-state index in [1.807, 2.05) is 11.0 Å². The molecule has 1 amide bonds. The highest BCUT2D eigenvalue weighted by molar-refractivity contribution is 5.95. The number of carbonyl (C=O) groups excluding carboxylic acids is 1. The normalized spacial score (nSPS) is 22.6. The molecule has 7 heteroatoms. The Labute approximate surface area is 158 Å². The number of nitrogens with zero attached hydrogens (tertiary/aromatic N) is 4. The molecule has 1 aromatic carbocycles. The number of likely N-dealkylation sites (N-methyl/N-ethyl adjacent to an activating group) is 1. The maximum absolute atomic E-state index is 13.6. The van der Waals surface area contributed by atoms with Crippen LogP contribution in [0.4, 0.5) is 4.39 Å². The molecule has 3 heterocycles. The number of ether oxygens (including phenoxy) is 1. The molecule has 0 saturated carbocycles. The van der Waals surface area contributed by atoms with E-state index < -0.39 is 5.82 Å². The van der Waals surface area contributed by atoms with Gasteiger partial charge in [-0.05, 0) is 38.4 Å². The van der Waals surface area contributed by atoms with Gasteiger partial charge in [0.05, 0.1) is 13.3 Å². The van der Waals surface area contributed by atoms with Crippen molar-refractivity contribution in [2.75, 3.05) is 27.2 Å². The highest BCUT2D eigenvalue weighted by Gasteiger charge is 2.36. The Balaban J connectivity index is 1.58. The van der Waals surface area contributed by atoms with Crippen molar-refractivity contribution in [3.8, 4) is 17.3 Å². The second-order valence-electron chi connectivity index (χ2n) is 7.22. The first-order valence-electron chi connectivity index (χ1n) is 9.25. The zero-order chi connectivity index (χ0) is 19.0. The van der Waals surface area contributed by atoms with Crippen molar-refractivity contribution in [3.63, 3.8) is 0 Å². The molecule has 2 fully saturated rings. The average Bonchev–Trinajstić information content (AvgIpc) is 2.93. The van der Waals surface area contributed by atoms with Gasteiger partial charge >= 0.3 is 0 Å². The van der Waals surface area contributed by atoms with Crippen LogP contribution >= 0.6 is 0 Å². The zero-order valence-corrected chi connectivity index (χ0v) is 15.6. The molecule has 0 unspecified atom stereocenters. The van der Waals surface area contributed by atoms with E-state index >= 15 is 0 Å². The quantitative estimate of drug-likeness (QED) is 0.831. The third-order valence-electron chi connectivity index (χ3n) is 5.71. The number of likely N-dealkylation sites (tertiary alicyclic amines) is 1. The highest BCUT2D eigenvalue weighted by Crippen LogP contribution is 2.29. The van der Waals surface area contributed by atoms with Gasteiger partial charge in [-0.1, -0.05) is 12.1 Å². The number of benzene rings is 1. The monoisotopic (exact) mass is 370 g/mol. The van der Waals surface area contributed by atoms with Crippen LogP contribution in [0.5, 0.6) is 5.88 Å². The van der Waals surface area contributed by atoms with Crippen molar-refractivity contribution in [3.05, 3.63) is 41.8 Å². The molecule has 4 rings (SSSR count). The highest BCUT2D eigenvalue weighted by atomic mass is 19.1. The molecule has 27 heavy (non-hydrogen) atoms. The van der Waals surface area contributed by atoms with Gasteiger partial charge in [0.25, 0.3) is 11.8 Å². The molecule has 2 atom stereocenters. The molecule has 2 saturated heterocycles. The Kier molecular flexibility index (Phi) is 4.78. The van der Waals surface area contributed by atoms with Crippen molar-refractivity contribution in [2.45, 2.75) is 31.3 Å². The molecule has 2 aliphatic rings. The van der Waals surface area contributed by atoms with E-state index in [0.29, 0.717) is 29.0 Å². The standard InChI is InChI=1S/C20H23FN4O2/c1-24-15-6-7-16(24)12-25(9-8-15)20(26)14-5-3-4-13(10-14)18-22-11-17(21)19(23-18)27-2/h3-5,10-11,15-16H,6-9,12H2,1-2H3/t15-,16+/m0/s1. The Bertz CT molecular complexity index is 860. The van der Waals surface area contributed by atoms with Crippen LogP contribution in [0.2, 0.25) is 0 Å². The van der Waals surface area contributed by atoms with Crippen LogP contribution < -0.4 is 4.74 Å². The number of aromatic nitrogens is 2. The number of amides is 1. The predicted octanol–water partition coefficient (Wildman–Crippen LogP) is 2.60. The van der Waals surface area contributed by atoms with Gasteiger partial charge in [0.2, 0.25) is 5.82 Å². The fourth-order valence-corrected chi connectivity index (χ4v) is 4.10. The number of carbonyl (C=O) groups is 1. The minimum atomic E-state index is -0.614. The molecule has 1 aromatic heterocycles. The van der Waals surface area contributed by atoms with E-state index in [2.05, 4.69) is 21.9 Å². The average molecular weight is 370 g/mol. The Morgan fingerprint density at radius 3 is 2.89 bits per heavy atom. The lowest BCUT2D eigenvalue weighted by atomic mass is 10.1. The van der Waals surface area contributed by atoms with Crippen LogP contribution in [0, 0.1) is 5.82 Å². The second kappa shape index (κ2) is 7.23. The summed E-state index contributed by atoms with van der Waals surface area (Å²) in [5, 5.41) is 0. The van der Waals surface area contributed by atoms with Gasteiger partial charge in [-0.15, -0.1) is 0 Å². The van der Waals surface area contributed by atoms with E-state index in [0.717, 1.165) is 32.1 Å². The first-order chi connectivity index (χ1) is 13.1. The summed E-state index contributed by atoms with van der Waals surface area (Å²) in [5.41, 5.74) is 1.26. The van der Waals surface area contributed by atoms with Gasteiger partial charge in [-0.25, -0.2) is 4.98 Å². The summed E-state index contributed by atoms with van der Waals surface area (Å²) in [4.78, 5) is 25.6. The lowest BCUT2D eigenvalue weighted by molar-refractivity contribution is 0.0740. The Morgan fingerprint density at radius 1 is 1.26 bits per heavy atom. The van der Waals surface area contributed by atoms with Crippen LogP contribution in [-0.2, 0) is 0 Å². The minimum absolute atomic E-state index is 0.0203. The molecule has 2 aliphatic heterocycles. The third-order valence-corrected chi connectivity index (χ3v) is 5.71. The Morgan fingerprint density at radius 2 is 2.07 bits per heavy atom. The molecule has 0 radical (unpaired) electrons. The van der Waals surface area contributed by atoms with E-state index in [4.69, 9.17) is 4.74 Å².